The molecule has 0 saturated heterocycles. The highest BCUT2D eigenvalue weighted by molar-refractivity contribution is 9.10. The van der Waals surface area contributed by atoms with Crippen molar-refractivity contribution in [3.63, 3.8) is 0 Å². The predicted octanol–water partition coefficient (Wildman–Crippen LogP) is 7.87. The molecular formula is C28H29BrN2O2S. The molecule has 0 radical (unpaired) electrons. The fourth-order valence-corrected chi connectivity index (χ4v) is 6.13. The van der Waals surface area contributed by atoms with Crippen LogP contribution in [0.5, 0.6) is 11.5 Å². The zero-order valence-corrected chi connectivity index (χ0v) is 22.4. The Balaban J connectivity index is 1.57. The van der Waals surface area contributed by atoms with E-state index in [2.05, 4.69) is 42.8 Å². The van der Waals surface area contributed by atoms with Crippen molar-refractivity contribution in [2.45, 2.75) is 46.6 Å². The van der Waals surface area contributed by atoms with Gasteiger partial charge in [0.2, 0.25) is 0 Å². The predicted molar refractivity (Wildman–Crippen MR) is 143 cm³/mol. The molecule has 0 amide bonds. The molecular weight excluding hydrogens is 508 g/mol. The van der Waals surface area contributed by atoms with Crippen molar-refractivity contribution < 1.29 is 9.47 Å². The van der Waals surface area contributed by atoms with Crippen LogP contribution in [-0.2, 0) is 19.4 Å². The van der Waals surface area contributed by atoms with Crippen molar-refractivity contribution in [1.82, 2.24) is 0 Å². The maximum absolute atomic E-state index is 9.84. The minimum Gasteiger partial charge on any atom is -0.493 e. The van der Waals surface area contributed by atoms with Gasteiger partial charge in [0.1, 0.15) is 17.7 Å². The van der Waals surface area contributed by atoms with E-state index in [9.17, 15) is 5.26 Å². The molecule has 0 N–H and O–H groups in total. The highest BCUT2D eigenvalue weighted by Crippen LogP contribution is 2.45. The van der Waals surface area contributed by atoms with Gasteiger partial charge in [-0.3, -0.25) is 0 Å². The van der Waals surface area contributed by atoms with E-state index in [1.54, 1.807) is 24.7 Å². The van der Waals surface area contributed by atoms with Crippen LogP contribution >= 0.6 is 27.3 Å². The van der Waals surface area contributed by atoms with Crippen LogP contribution in [0, 0.1) is 22.7 Å². The third-order valence-corrected chi connectivity index (χ3v) is 8.14. The molecule has 0 bridgehead atoms. The lowest BCUT2D eigenvalue weighted by molar-refractivity contribution is 0.218. The standard InChI is InChI=1S/C28H29BrN2O2S/c1-28(2,3)20-10-11-21-22(15-30)27(34-25(21)14-20)31-16-19-12-23(29)26(24(13-19)32-4)33-17-18-8-6-5-7-9-18/h5-9,12-13,16,20H,10-11,14,17H2,1-4H3/t20-/m1/s1. The second-order valence-corrected chi connectivity index (χ2v) is 11.6. The summed E-state index contributed by atoms with van der Waals surface area (Å²) in [5.74, 6) is 1.91. The first kappa shape index (κ1) is 24.5. The van der Waals surface area contributed by atoms with E-state index in [0.717, 1.165) is 45.4 Å². The number of fused-ring (bicyclic) bond motifs is 1. The third kappa shape index (κ3) is 5.37. The van der Waals surface area contributed by atoms with Gasteiger partial charge in [0, 0.05) is 11.1 Å². The summed E-state index contributed by atoms with van der Waals surface area (Å²) in [7, 11) is 1.63. The van der Waals surface area contributed by atoms with Gasteiger partial charge in [-0.05, 0) is 75.3 Å². The van der Waals surface area contributed by atoms with Crippen LogP contribution in [0.25, 0.3) is 0 Å². The van der Waals surface area contributed by atoms with Crippen LogP contribution in [0.2, 0.25) is 0 Å². The summed E-state index contributed by atoms with van der Waals surface area (Å²) in [4.78, 5) is 6.05. The lowest BCUT2D eigenvalue weighted by Gasteiger charge is -2.33. The number of hydrogen-bond donors (Lipinski definition) is 0. The number of ether oxygens (including phenoxy) is 2. The smallest absolute Gasteiger partial charge is 0.175 e. The summed E-state index contributed by atoms with van der Waals surface area (Å²) in [6.45, 7) is 7.36. The topological polar surface area (TPSA) is 54.6 Å². The zero-order chi connectivity index (χ0) is 24.3. The van der Waals surface area contributed by atoms with Gasteiger partial charge < -0.3 is 9.47 Å². The first-order valence-electron chi connectivity index (χ1n) is 11.4. The Labute approximate surface area is 214 Å². The summed E-state index contributed by atoms with van der Waals surface area (Å²) < 4.78 is 12.4. The molecule has 4 nitrogen and oxygen atoms in total. The van der Waals surface area contributed by atoms with Crippen LogP contribution in [0.4, 0.5) is 5.00 Å². The molecule has 34 heavy (non-hydrogen) atoms. The molecule has 1 aliphatic rings. The number of halogens is 1. The van der Waals surface area contributed by atoms with Gasteiger partial charge in [-0.1, -0.05) is 51.1 Å². The van der Waals surface area contributed by atoms with Gasteiger partial charge >= 0.3 is 0 Å². The lowest BCUT2D eigenvalue weighted by Crippen LogP contribution is -2.26. The Kier molecular flexibility index (Phi) is 7.45. The molecule has 176 valence electrons. The normalized spacial score (nSPS) is 15.7. The number of benzene rings is 2. The first-order valence-corrected chi connectivity index (χ1v) is 13.0. The fourth-order valence-electron chi connectivity index (χ4n) is 4.33. The van der Waals surface area contributed by atoms with Crippen molar-refractivity contribution in [1.29, 1.82) is 5.26 Å². The first-order chi connectivity index (χ1) is 16.3. The molecule has 0 fully saturated rings. The van der Waals surface area contributed by atoms with Crippen molar-refractivity contribution in [3.05, 3.63) is 74.1 Å². The Morgan fingerprint density at radius 1 is 1.24 bits per heavy atom. The Bertz CT molecular complexity index is 1240. The number of nitriles is 1. The number of methoxy groups -OCH3 is 1. The monoisotopic (exact) mass is 536 g/mol. The molecule has 1 heterocycles. The summed E-state index contributed by atoms with van der Waals surface area (Å²) in [6.07, 6.45) is 4.91. The highest BCUT2D eigenvalue weighted by atomic mass is 79.9. The van der Waals surface area contributed by atoms with Crippen LogP contribution in [0.1, 0.15) is 54.3 Å². The largest absolute Gasteiger partial charge is 0.493 e. The van der Waals surface area contributed by atoms with Crippen molar-refractivity contribution in [2.75, 3.05) is 7.11 Å². The van der Waals surface area contributed by atoms with E-state index >= 15 is 0 Å². The maximum Gasteiger partial charge on any atom is 0.175 e. The average molecular weight is 538 g/mol. The summed E-state index contributed by atoms with van der Waals surface area (Å²) >= 11 is 5.28. The number of rotatable bonds is 6. The quantitative estimate of drug-likeness (QED) is 0.301. The summed E-state index contributed by atoms with van der Waals surface area (Å²) in [5, 5.41) is 10.6. The minimum absolute atomic E-state index is 0.269. The molecule has 3 aromatic rings. The summed E-state index contributed by atoms with van der Waals surface area (Å²) in [5.41, 5.74) is 4.16. The molecule has 1 atom stereocenters. The maximum atomic E-state index is 9.84. The van der Waals surface area contributed by atoms with Crippen LogP contribution < -0.4 is 9.47 Å². The van der Waals surface area contributed by atoms with Gasteiger partial charge in [-0.25, -0.2) is 4.99 Å². The number of hydrogen-bond acceptors (Lipinski definition) is 5. The van der Waals surface area contributed by atoms with Crippen molar-refractivity contribution >= 4 is 38.5 Å². The second kappa shape index (κ2) is 10.3. The van der Waals surface area contributed by atoms with Crippen LogP contribution in [0.15, 0.2) is 51.9 Å². The molecule has 0 aliphatic heterocycles. The average Bonchev–Trinajstić information content (AvgIpc) is 3.18. The van der Waals surface area contributed by atoms with Gasteiger partial charge in [0.05, 0.1) is 17.1 Å². The molecule has 2 aromatic carbocycles. The molecule has 1 aliphatic carbocycles. The molecule has 0 saturated carbocycles. The molecule has 6 heteroatoms. The third-order valence-electron chi connectivity index (χ3n) is 6.39. The Morgan fingerprint density at radius 2 is 2.00 bits per heavy atom. The number of thiophene rings is 1. The van der Waals surface area contributed by atoms with E-state index in [-0.39, 0.29) is 5.41 Å². The van der Waals surface area contributed by atoms with Crippen molar-refractivity contribution in [3.8, 4) is 17.6 Å². The van der Waals surface area contributed by atoms with E-state index in [4.69, 9.17) is 14.5 Å². The van der Waals surface area contributed by atoms with Gasteiger partial charge in [0.15, 0.2) is 11.5 Å². The lowest BCUT2D eigenvalue weighted by atomic mass is 9.72. The van der Waals surface area contributed by atoms with E-state index in [1.807, 2.05) is 42.5 Å². The van der Waals surface area contributed by atoms with Crippen LogP contribution in [0.3, 0.4) is 0 Å². The number of nitrogens with zero attached hydrogens (tertiary/aromatic N) is 2. The van der Waals surface area contributed by atoms with Gasteiger partial charge in [-0.2, -0.15) is 5.26 Å². The van der Waals surface area contributed by atoms with E-state index < -0.39 is 0 Å². The molecule has 4 rings (SSSR count). The summed E-state index contributed by atoms with van der Waals surface area (Å²) in [6, 6.07) is 16.3. The molecule has 0 unspecified atom stereocenters. The number of aliphatic imine (C=N–C) groups is 1. The van der Waals surface area contributed by atoms with Gasteiger partial charge in [0.25, 0.3) is 0 Å². The highest BCUT2D eigenvalue weighted by Gasteiger charge is 2.32. The molecule has 1 aromatic heterocycles. The molecule has 0 spiro atoms. The van der Waals surface area contributed by atoms with Crippen LogP contribution in [-0.4, -0.2) is 13.3 Å². The fraction of sp³-hybridized carbons (Fsp3) is 0.357. The van der Waals surface area contributed by atoms with Gasteiger partial charge in [-0.15, -0.1) is 11.3 Å². The second-order valence-electron chi connectivity index (χ2n) is 9.67. The Morgan fingerprint density at radius 3 is 2.68 bits per heavy atom. The van der Waals surface area contributed by atoms with E-state index in [1.165, 1.54) is 10.4 Å². The zero-order valence-electron chi connectivity index (χ0n) is 20.0. The minimum atomic E-state index is 0.269. The SMILES string of the molecule is COc1cc(C=Nc2sc3c(c2C#N)CC[C@@H](C(C)(C)C)C3)cc(Br)c1OCc1ccccc1. The van der Waals surface area contributed by atoms with Crippen molar-refractivity contribution in [2.24, 2.45) is 16.3 Å². The van der Waals surface area contributed by atoms with E-state index in [0.29, 0.717) is 24.0 Å². The Hall–Kier alpha value is -2.62.